The molecule has 0 aliphatic heterocycles. The third-order valence-electron chi connectivity index (χ3n) is 1.87. The van der Waals surface area contributed by atoms with Gasteiger partial charge >= 0.3 is 6.18 Å². The molecule has 0 amide bonds. The fourth-order valence-corrected chi connectivity index (χ4v) is 2.11. The molecule has 0 heterocycles. The van der Waals surface area contributed by atoms with E-state index < -0.39 is 22.0 Å². The summed E-state index contributed by atoms with van der Waals surface area (Å²) in [5.74, 6) is -0.858. The zero-order valence-corrected chi connectivity index (χ0v) is 9.05. The topological polar surface area (TPSA) is 0 Å². The largest absolute Gasteiger partial charge is 0.417 e. The van der Waals surface area contributed by atoms with Crippen LogP contribution in [-0.2, 0) is 6.18 Å². The molecule has 0 saturated carbocycles. The minimum absolute atomic E-state index is 0.0169. The van der Waals surface area contributed by atoms with Gasteiger partial charge in [-0.2, -0.15) is 13.2 Å². The number of benzene rings is 1. The minimum Gasteiger partial charge on any atom is -0.205 e. The van der Waals surface area contributed by atoms with Gasteiger partial charge in [0.15, 0.2) is 0 Å². The first-order valence-electron chi connectivity index (χ1n) is 3.77. The van der Waals surface area contributed by atoms with Crippen LogP contribution < -0.4 is 0 Å². The van der Waals surface area contributed by atoms with Gasteiger partial charge in [-0.25, -0.2) is 4.39 Å². The fraction of sp³-hybridized carbons (Fsp3) is 0.333. The number of hydrogen-bond acceptors (Lipinski definition) is 0. The molecule has 0 aliphatic carbocycles. The number of rotatable bonds is 0. The standard InChI is InChI=1S/C9H7BrF4/c1-4-3-5(2)8(11)7(10)6(4)9(12,13)14/h3H,1-2H3. The lowest BCUT2D eigenvalue weighted by Gasteiger charge is -2.14. The molecule has 0 nitrogen and oxygen atoms in total. The highest BCUT2D eigenvalue weighted by Crippen LogP contribution is 2.39. The van der Waals surface area contributed by atoms with Crippen LogP contribution in [0.15, 0.2) is 10.5 Å². The van der Waals surface area contributed by atoms with E-state index in [1.54, 1.807) is 0 Å². The van der Waals surface area contributed by atoms with Crippen molar-refractivity contribution in [2.75, 3.05) is 0 Å². The maximum Gasteiger partial charge on any atom is 0.417 e. The van der Waals surface area contributed by atoms with E-state index in [1.807, 2.05) is 0 Å². The summed E-state index contributed by atoms with van der Waals surface area (Å²) < 4.78 is 49.9. The summed E-state index contributed by atoms with van der Waals surface area (Å²) in [4.78, 5) is 0. The highest BCUT2D eigenvalue weighted by atomic mass is 79.9. The van der Waals surface area contributed by atoms with Crippen LogP contribution >= 0.6 is 15.9 Å². The molecule has 0 aromatic heterocycles. The number of halogens is 5. The molecule has 5 heteroatoms. The summed E-state index contributed by atoms with van der Waals surface area (Å²) in [7, 11) is 0. The van der Waals surface area contributed by atoms with Crippen LogP contribution in [0.5, 0.6) is 0 Å². The smallest absolute Gasteiger partial charge is 0.205 e. The van der Waals surface area contributed by atoms with Crippen molar-refractivity contribution < 1.29 is 17.6 Å². The van der Waals surface area contributed by atoms with Crippen molar-refractivity contribution in [3.05, 3.63) is 33.0 Å². The summed E-state index contributed by atoms with van der Waals surface area (Å²) in [5.41, 5.74) is -0.730. The Hall–Kier alpha value is -0.580. The van der Waals surface area contributed by atoms with Gasteiger partial charge in [-0.05, 0) is 40.9 Å². The summed E-state index contributed by atoms with van der Waals surface area (Å²) in [6, 6.07) is 1.18. The third-order valence-corrected chi connectivity index (χ3v) is 2.61. The number of alkyl halides is 3. The zero-order valence-electron chi connectivity index (χ0n) is 7.47. The molecule has 0 radical (unpaired) electrons. The van der Waals surface area contributed by atoms with E-state index in [0.29, 0.717) is 0 Å². The second-order valence-corrected chi connectivity index (χ2v) is 3.80. The molecule has 0 atom stereocenters. The van der Waals surface area contributed by atoms with Crippen LogP contribution in [0.3, 0.4) is 0 Å². The molecular weight excluding hydrogens is 264 g/mol. The lowest BCUT2D eigenvalue weighted by molar-refractivity contribution is -0.138. The van der Waals surface area contributed by atoms with Crippen molar-refractivity contribution in [3.8, 4) is 0 Å². The Morgan fingerprint density at radius 2 is 1.64 bits per heavy atom. The average molecular weight is 271 g/mol. The van der Waals surface area contributed by atoms with Crippen molar-refractivity contribution in [1.29, 1.82) is 0 Å². The second-order valence-electron chi connectivity index (χ2n) is 3.01. The van der Waals surface area contributed by atoms with Gasteiger partial charge in [-0.1, -0.05) is 6.07 Å². The lowest BCUT2D eigenvalue weighted by Crippen LogP contribution is -2.10. The highest BCUT2D eigenvalue weighted by molar-refractivity contribution is 9.10. The monoisotopic (exact) mass is 270 g/mol. The van der Waals surface area contributed by atoms with Gasteiger partial charge in [-0.3, -0.25) is 0 Å². The first-order valence-corrected chi connectivity index (χ1v) is 4.57. The van der Waals surface area contributed by atoms with Gasteiger partial charge < -0.3 is 0 Å². The minimum atomic E-state index is -4.53. The Balaban J connectivity index is 3.53. The Kier molecular flexibility index (Phi) is 2.90. The Morgan fingerprint density at radius 1 is 1.14 bits per heavy atom. The average Bonchev–Trinajstić information content (AvgIpc) is 1.97. The van der Waals surface area contributed by atoms with E-state index in [4.69, 9.17) is 0 Å². The summed E-state index contributed by atoms with van der Waals surface area (Å²) in [5, 5.41) is 0. The van der Waals surface area contributed by atoms with Crippen molar-refractivity contribution in [2.45, 2.75) is 20.0 Å². The molecule has 78 valence electrons. The van der Waals surface area contributed by atoms with E-state index in [2.05, 4.69) is 15.9 Å². The Morgan fingerprint density at radius 3 is 2.07 bits per heavy atom. The van der Waals surface area contributed by atoms with Gasteiger partial charge in [-0.15, -0.1) is 0 Å². The highest BCUT2D eigenvalue weighted by Gasteiger charge is 2.36. The summed E-state index contributed by atoms with van der Waals surface area (Å²) in [6.07, 6.45) is -4.53. The molecule has 14 heavy (non-hydrogen) atoms. The quantitative estimate of drug-likeness (QED) is 0.619. The van der Waals surface area contributed by atoms with Gasteiger partial charge in [0.05, 0.1) is 10.0 Å². The van der Waals surface area contributed by atoms with E-state index >= 15 is 0 Å². The maximum absolute atomic E-state index is 13.2. The first kappa shape index (κ1) is 11.5. The molecule has 0 N–H and O–H groups in total. The van der Waals surface area contributed by atoms with Gasteiger partial charge in [0.25, 0.3) is 0 Å². The van der Waals surface area contributed by atoms with Crippen LogP contribution in [0.25, 0.3) is 0 Å². The first-order chi connectivity index (χ1) is 6.25. The molecule has 0 saturated heterocycles. The normalized spacial score (nSPS) is 11.9. The van der Waals surface area contributed by atoms with Gasteiger partial charge in [0, 0.05) is 0 Å². The SMILES string of the molecule is Cc1cc(C)c(C(F)(F)F)c(Br)c1F. The van der Waals surface area contributed by atoms with Crippen molar-refractivity contribution in [1.82, 2.24) is 0 Å². The third kappa shape index (κ3) is 1.92. The molecular formula is C9H7BrF4. The Labute approximate surface area is 87.1 Å². The van der Waals surface area contributed by atoms with Crippen LogP contribution in [0.1, 0.15) is 16.7 Å². The molecule has 0 bridgehead atoms. The van der Waals surface area contributed by atoms with Crippen LogP contribution in [-0.4, -0.2) is 0 Å². The van der Waals surface area contributed by atoms with E-state index in [9.17, 15) is 17.6 Å². The van der Waals surface area contributed by atoms with Gasteiger partial charge in [0.2, 0.25) is 0 Å². The molecule has 1 aromatic rings. The zero-order chi connectivity index (χ0) is 11.1. The predicted molar refractivity (Wildman–Crippen MR) is 48.6 cm³/mol. The van der Waals surface area contributed by atoms with Crippen molar-refractivity contribution in [3.63, 3.8) is 0 Å². The molecule has 0 unspecified atom stereocenters. The molecule has 0 fully saturated rings. The van der Waals surface area contributed by atoms with Crippen LogP contribution in [0.4, 0.5) is 17.6 Å². The maximum atomic E-state index is 13.2. The number of aryl methyl sites for hydroxylation is 2. The van der Waals surface area contributed by atoms with Crippen LogP contribution in [0, 0.1) is 19.7 Å². The summed E-state index contributed by atoms with van der Waals surface area (Å²) >= 11 is 2.62. The van der Waals surface area contributed by atoms with E-state index in [0.717, 1.165) is 0 Å². The molecule has 1 aromatic carbocycles. The van der Waals surface area contributed by atoms with E-state index in [-0.39, 0.29) is 11.1 Å². The van der Waals surface area contributed by atoms with Gasteiger partial charge in [0.1, 0.15) is 5.82 Å². The molecule has 0 aliphatic rings. The molecule has 0 spiro atoms. The predicted octanol–water partition coefficient (Wildman–Crippen LogP) is 4.22. The van der Waals surface area contributed by atoms with Crippen molar-refractivity contribution in [2.24, 2.45) is 0 Å². The summed E-state index contributed by atoms with van der Waals surface area (Å²) in [6.45, 7) is 2.73. The van der Waals surface area contributed by atoms with Crippen LogP contribution in [0.2, 0.25) is 0 Å². The second kappa shape index (κ2) is 3.53. The number of hydrogen-bond donors (Lipinski definition) is 0. The lowest BCUT2D eigenvalue weighted by atomic mass is 10.0. The van der Waals surface area contributed by atoms with Crippen molar-refractivity contribution >= 4 is 15.9 Å². The van der Waals surface area contributed by atoms with E-state index in [1.165, 1.54) is 19.9 Å². The fourth-order valence-electron chi connectivity index (χ4n) is 1.26. The molecule has 1 rings (SSSR count). The Bertz CT molecular complexity index is 368.